The molecule has 0 radical (unpaired) electrons. The number of benzene rings is 2. The maximum atomic E-state index is 12.9. The Bertz CT molecular complexity index is 1310. The summed E-state index contributed by atoms with van der Waals surface area (Å²) in [5.41, 5.74) is 2.92. The highest BCUT2D eigenvalue weighted by Crippen LogP contribution is 2.14. The molecule has 0 saturated carbocycles. The third kappa shape index (κ3) is 4.72. The number of carbonyl (C=O) groups excluding carboxylic acids is 1. The van der Waals surface area contributed by atoms with Crippen LogP contribution in [-0.4, -0.2) is 45.9 Å². The number of halogens is 1. The molecule has 8 nitrogen and oxygen atoms in total. The number of hydrogen-bond donors (Lipinski definition) is 1. The fourth-order valence-electron chi connectivity index (χ4n) is 3.36. The number of aromatic nitrogens is 4. The Morgan fingerprint density at radius 1 is 1.16 bits per heavy atom. The zero-order valence-electron chi connectivity index (χ0n) is 17.8. The van der Waals surface area contributed by atoms with E-state index in [4.69, 9.17) is 0 Å². The third-order valence-electron chi connectivity index (χ3n) is 5.12. The highest BCUT2D eigenvalue weighted by Gasteiger charge is 2.12. The molecule has 32 heavy (non-hydrogen) atoms. The van der Waals surface area contributed by atoms with Crippen LogP contribution in [0.15, 0.2) is 70.3 Å². The van der Waals surface area contributed by atoms with E-state index in [9.17, 15) is 9.59 Å². The van der Waals surface area contributed by atoms with E-state index >= 15 is 0 Å². The highest BCUT2D eigenvalue weighted by atomic mass is 79.9. The summed E-state index contributed by atoms with van der Waals surface area (Å²) in [4.78, 5) is 31.7. The first-order valence-electron chi connectivity index (χ1n) is 10.1. The van der Waals surface area contributed by atoms with Crippen molar-refractivity contribution in [2.24, 2.45) is 0 Å². The summed E-state index contributed by atoms with van der Waals surface area (Å²) in [5.74, 6) is -0.157. The van der Waals surface area contributed by atoms with Gasteiger partial charge < -0.3 is 10.2 Å². The molecule has 4 rings (SSSR count). The van der Waals surface area contributed by atoms with Crippen molar-refractivity contribution in [3.05, 3.63) is 87.0 Å². The van der Waals surface area contributed by atoms with Crippen molar-refractivity contribution in [2.45, 2.75) is 13.1 Å². The minimum absolute atomic E-state index is 0.145. The molecule has 0 spiro atoms. The van der Waals surface area contributed by atoms with Gasteiger partial charge in [-0.05, 0) is 35.9 Å². The summed E-state index contributed by atoms with van der Waals surface area (Å²) in [6, 6.07) is 15.2. The smallest absolute Gasteiger partial charge is 0.264 e. The Morgan fingerprint density at radius 2 is 1.94 bits per heavy atom. The Hall–Kier alpha value is -3.46. The van der Waals surface area contributed by atoms with Crippen LogP contribution in [0, 0.1) is 0 Å². The van der Waals surface area contributed by atoms with Crippen LogP contribution in [0.3, 0.4) is 0 Å². The Morgan fingerprint density at radius 3 is 2.69 bits per heavy atom. The molecule has 164 valence electrons. The predicted octanol–water partition coefficient (Wildman–Crippen LogP) is 2.90. The third-order valence-corrected chi connectivity index (χ3v) is 5.65. The monoisotopic (exact) mass is 494 g/mol. The number of hydrogen-bond acceptors (Lipinski definition) is 5. The van der Waals surface area contributed by atoms with Crippen molar-refractivity contribution in [2.75, 3.05) is 25.5 Å². The van der Waals surface area contributed by atoms with Gasteiger partial charge in [-0.3, -0.25) is 14.2 Å². The number of fused-ring (bicyclic) bond motifs is 1. The van der Waals surface area contributed by atoms with Crippen molar-refractivity contribution in [1.82, 2.24) is 24.6 Å². The van der Waals surface area contributed by atoms with E-state index in [1.54, 1.807) is 15.3 Å². The molecule has 0 atom stereocenters. The predicted molar refractivity (Wildman–Crippen MR) is 128 cm³/mol. The fraction of sp³-hybridized carbons (Fsp3) is 0.217. The van der Waals surface area contributed by atoms with Crippen molar-refractivity contribution in [1.29, 1.82) is 0 Å². The maximum Gasteiger partial charge on any atom is 0.264 e. The number of rotatable bonds is 7. The van der Waals surface area contributed by atoms with Gasteiger partial charge in [-0.15, -0.1) is 0 Å². The second-order valence-corrected chi connectivity index (χ2v) is 8.53. The van der Waals surface area contributed by atoms with Gasteiger partial charge in [0.25, 0.3) is 11.5 Å². The van der Waals surface area contributed by atoms with Crippen LogP contribution in [0.4, 0.5) is 5.69 Å². The number of anilines is 1. The van der Waals surface area contributed by atoms with Crippen molar-refractivity contribution in [3.63, 3.8) is 0 Å². The second kappa shape index (κ2) is 9.35. The average Bonchev–Trinajstić information content (AvgIpc) is 3.21. The first kappa shape index (κ1) is 21.8. The standard InChI is InChI=1S/C23H23BrN6O2/c1-28(2)19-5-3-4-17(12-19)22(31)25-10-11-30-21-20(13-27-30)23(32)29(15-26-21)14-16-6-8-18(24)9-7-16/h3-9,12-13,15H,10-11,14H2,1-2H3,(H,25,31). The molecule has 0 aliphatic heterocycles. The minimum atomic E-state index is -0.157. The van der Waals surface area contributed by atoms with E-state index in [2.05, 4.69) is 31.3 Å². The van der Waals surface area contributed by atoms with Gasteiger partial charge in [-0.25, -0.2) is 9.67 Å². The van der Waals surface area contributed by atoms with Gasteiger partial charge in [-0.1, -0.05) is 34.1 Å². The molecule has 2 aromatic heterocycles. The van der Waals surface area contributed by atoms with Gasteiger partial charge in [0.1, 0.15) is 11.7 Å². The van der Waals surface area contributed by atoms with E-state index in [1.165, 1.54) is 12.5 Å². The number of nitrogens with zero attached hydrogens (tertiary/aromatic N) is 5. The summed E-state index contributed by atoms with van der Waals surface area (Å²) < 4.78 is 4.19. The largest absolute Gasteiger partial charge is 0.378 e. The summed E-state index contributed by atoms with van der Waals surface area (Å²) >= 11 is 3.41. The molecule has 9 heteroatoms. The Kier molecular flexibility index (Phi) is 6.36. The van der Waals surface area contributed by atoms with E-state index in [-0.39, 0.29) is 11.5 Å². The second-order valence-electron chi connectivity index (χ2n) is 7.61. The first-order valence-corrected chi connectivity index (χ1v) is 10.9. The number of carbonyl (C=O) groups is 1. The van der Waals surface area contributed by atoms with Crippen molar-refractivity contribution in [3.8, 4) is 0 Å². The van der Waals surface area contributed by atoms with Gasteiger partial charge in [0.2, 0.25) is 0 Å². The molecule has 0 bridgehead atoms. The Balaban J connectivity index is 1.43. The zero-order chi connectivity index (χ0) is 22.7. The first-order chi connectivity index (χ1) is 15.4. The number of nitrogens with one attached hydrogen (secondary N) is 1. The van der Waals surface area contributed by atoms with E-state index in [1.807, 2.05) is 61.5 Å². The van der Waals surface area contributed by atoms with Gasteiger partial charge >= 0.3 is 0 Å². The van der Waals surface area contributed by atoms with Crippen LogP contribution >= 0.6 is 15.9 Å². The molecule has 4 aromatic rings. The van der Waals surface area contributed by atoms with Gasteiger partial charge in [0, 0.05) is 36.4 Å². The van der Waals surface area contributed by atoms with E-state index < -0.39 is 0 Å². The summed E-state index contributed by atoms with van der Waals surface area (Å²) in [6.45, 7) is 1.21. The molecule has 1 N–H and O–H groups in total. The maximum absolute atomic E-state index is 12.9. The lowest BCUT2D eigenvalue weighted by molar-refractivity contribution is 0.0952. The number of amides is 1. The zero-order valence-corrected chi connectivity index (χ0v) is 19.4. The van der Waals surface area contributed by atoms with Crippen LogP contribution in [0.2, 0.25) is 0 Å². The lowest BCUT2D eigenvalue weighted by Gasteiger charge is -2.13. The van der Waals surface area contributed by atoms with Gasteiger partial charge in [0.05, 0.1) is 19.3 Å². The summed E-state index contributed by atoms with van der Waals surface area (Å²) in [6.07, 6.45) is 3.07. The normalized spacial score (nSPS) is 11.0. The van der Waals surface area contributed by atoms with Crippen LogP contribution < -0.4 is 15.8 Å². The van der Waals surface area contributed by atoms with Crippen LogP contribution in [-0.2, 0) is 13.1 Å². The van der Waals surface area contributed by atoms with Gasteiger partial charge in [-0.2, -0.15) is 5.10 Å². The molecule has 0 saturated heterocycles. The lowest BCUT2D eigenvalue weighted by Crippen LogP contribution is -2.28. The Labute approximate surface area is 193 Å². The topological polar surface area (TPSA) is 85.0 Å². The summed E-state index contributed by atoms with van der Waals surface area (Å²) in [7, 11) is 3.86. The quantitative estimate of drug-likeness (QED) is 0.426. The molecule has 0 aliphatic carbocycles. The SMILES string of the molecule is CN(C)c1cccc(C(=O)NCCn2ncc3c(=O)n(Cc4ccc(Br)cc4)cnc32)c1. The van der Waals surface area contributed by atoms with Crippen LogP contribution in [0.1, 0.15) is 15.9 Å². The molecule has 2 aromatic carbocycles. The minimum Gasteiger partial charge on any atom is -0.378 e. The molecular weight excluding hydrogens is 472 g/mol. The molecule has 2 heterocycles. The fourth-order valence-corrected chi connectivity index (χ4v) is 3.63. The van der Waals surface area contributed by atoms with Crippen LogP contribution in [0.5, 0.6) is 0 Å². The molecule has 1 amide bonds. The van der Waals surface area contributed by atoms with Gasteiger partial charge in [0.15, 0.2) is 5.65 Å². The highest BCUT2D eigenvalue weighted by molar-refractivity contribution is 9.10. The van der Waals surface area contributed by atoms with Crippen LogP contribution in [0.25, 0.3) is 11.0 Å². The average molecular weight is 495 g/mol. The van der Waals surface area contributed by atoms with E-state index in [0.717, 1.165) is 15.7 Å². The molecule has 0 unspecified atom stereocenters. The van der Waals surface area contributed by atoms with Crippen molar-refractivity contribution >= 4 is 38.6 Å². The van der Waals surface area contributed by atoms with Crippen molar-refractivity contribution < 1.29 is 4.79 Å². The molecule has 0 aliphatic rings. The molecule has 0 fully saturated rings. The summed E-state index contributed by atoms with van der Waals surface area (Å²) in [5, 5.41) is 7.65. The molecular formula is C23H23BrN6O2. The van der Waals surface area contributed by atoms with E-state index in [0.29, 0.717) is 36.2 Å². The lowest BCUT2D eigenvalue weighted by atomic mass is 10.2.